The molecule has 68 valence electrons. The molecule has 1 aromatic heterocycles. The van der Waals surface area contributed by atoms with E-state index in [-0.39, 0.29) is 0 Å². The zero-order valence-electron chi connectivity index (χ0n) is 8.09. The lowest BCUT2D eigenvalue weighted by molar-refractivity contribution is 1.03. The minimum atomic E-state index is 0.616. The molecule has 0 atom stereocenters. The minimum Gasteiger partial charge on any atom is -0.330 e. The Labute approximate surface area is 79.2 Å². The van der Waals surface area contributed by atoms with E-state index in [0.29, 0.717) is 6.54 Å². The molecule has 0 unspecified atom stereocenters. The van der Waals surface area contributed by atoms with Gasteiger partial charge in [-0.1, -0.05) is 11.8 Å². The molecular weight excluding hydrogens is 160 g/mol. The smallest absolute Gasteiger partial charge is 0.0532 e. The second-order valence-corrected chi connectivity index (χ2v) is 2.93. The lowest BCUT2D eigenvalue weighted by atomic mass is 10.2. The highest BCUT2D eigenvalue weighted by molar-refractivity contribution is 5.37. The van der Waals surface area contributed by atoms with Gasteiger partial charge in [0, 0.05) is 24.2 Å². The van der Waals surface area contributed by atoms with E-state index in [2.05, 4.69) is 16.8 Å². The highest BCUT2D eigenvalue weighted by Gasteiger charge is 1.94. The van der Waals surface area contributed by atoms with Crippen molar-refractivity contribution in [1.29, 1.82) is 0 Å². The number of hydrogen-bond donors (Lipinski definition) is 1. The largest absolute Gasteiger partial charge is 0.330 e. The Morgan fingerprint density at radius 2 is 2.15 bits per heavy atom. The monoisotopic (exact) mass is 174 g/mol. The summed E-state index contributed by atoms with van der Waals surface area (Å²) < 4.78 is 0. The fourth-order valence-corrected chi connectivity index (χ4v) is 1.05. The molecule has 2 nitrogen and oxygen atoms in total. The van der Waals surface area contributed by atoms with Crippen LogP contribution in [-0.4, -0.2) is 11.5 Å². The summed E-state index contributed by atoms with van der Waals surface area (Å²) in [6.45, 7) is 4.56. The first-order chi connectivity index (χ1) is 6.24. The number of nitrogens with zero attached hydrogens (tertiary/aromatic N) is 1. The molecule has 0 bridgehead atoms. The molecule has 0 spiro atoms. The third-order valence-corrected chi connectivity index (χ3v) is 1.72. The van der Waals surface area contributed by atoms with Gasteiger partial charge in [0.25, 0.3) is 0 Å². The fourth-order valence-electron chi connectivity index (χ4n) is 1.05. The predicted molar refractivity (Wildman–Crippen MR) is 54.3 cm³/mol. The zero-order chi connectivity index (χ0) is 9.68. The normalized spacial score (nSPS) is 9.15. The lowest BCUT2D eigenvalue weighted by Gasteiger charge is -1.97. The van der Waals surface area contributed by atoms with Crippen LogP contribution in [0.4, 0.5) is 0 Å². The second kappa shape index (κ2) is 4.64. The first-order valence-electron chi connectivity index (χ1n) is 4.37. The van der Waals surface area contributed by atoms with E-state index in [1.165, 1.54) is 0 Å². The number of aromatic nitrogens is 1. The topological polar surface area (TPSA) is 38.9 Å². The van der Waals surface area contributed by atoms with Crippen LogP contribution < -0.4 is 5.73 Å². The van der Waals surface area contributed by atoms with Gasteiger partial charge >= 0.3 is 0 Å². The van der Waals surface area contributed by atoms with E-state index in [9.17, 15) is 0 Å². The maximum absolute atomic E-state index is 5.34. The quantitative estimate of drug-likeness (QED) is 0.653. The van der Waals surface area contributed by atoms with Gasteiger partial charge in [-0.2, -0.15) is 0 Å². The van der Waals surface area contributed by atoms with E-state index >= 15 is 0 Å². The first kappa shape index (κ1) is 9.76. The van der Waals surface area contributed by atoms with Crippen LogP contribution in [0.5, 0.6) is 0 Å². The highest BCUT2D eigenvalue weighted by Crippen LogP contribution is 2.04. The van der Waals surface area contributed by atoms with Crippen molar-refractivity contribution in [3.63, 3.8) is 0 Å². The third kappa shape index (κ3) is 2.89. The molecule has 0 amide bonds. The SMILES string of the molecule is Cc1ccc(C#CCCN)c(C)n1. The first-order valence-corrected chi connectivity index (χ1v) is 4.37. The van der Waals surface area contributed by atoms with Crippen LogP contribution in [0.3, 0.4) is 0 Å². The molecule has 0 aliphatic rings. The van der Waals surface area contributed by atoms with Crippen LogP contribution in [0.1, 0.15) is 23.4 Å². The van der Waals surface area contributed by atoms with E-state index in [0.717, 1.165) is 23.4 Å². The molecule has 0 fully saturated rings. The summed E-state index contributed by atoms with van der Waals surface area (Å²) in [6.07, 6.45) is 0.743. The van der Waals surface area contributed by atoms with Crippen LogP contribution in [0.2, 0.25) is 0 Å². The maximum atomic E-state index is 5.34. The van der Waals surface area contributed by atoms with Crippen LogP contribution in [0.15, 0.2) is 12.1 Å². The van der Waals surface area contributed by atoms with Gasteiger partial charge in [-0.3, -0.25) is 4.98 Å². The van der Waals surface area contributed by atoms with Crippen LogP contribution in [0, 0.1) is 25.7 Å². The van der Waals surface area contributed by atoms with Crippen molar-refractivity contribution in [2.75, 3.05) is 6.54 Å². The van der Waals surface area contributed by atoms with E-state index in [1.54, 1.807) is 0 Å². The molecule has 1 heterocycles. The average molecular weight is 174 g/mol. The Morgan fingerprint density at radius 3 is 2.77 bits per heavy atom. The molecule has 1 aromatic rings. The summed E-state index contributed by atoms with van der Waals surface area (Å²) in [4.78, 5) is 4.32. The Bertz CT molecular complexity index is 345. The Morgan fingerprint density at radius 1 is 1.38 bits per heavy atom. The minimum absolute atomic E-state index is 0.616. The molecule has 0 aromatic carbocycles. The van der Waals surface area contributed by atoms with Crippen molar-refractivity contribution < 1.29 is 0 Å². The van der Waals surface area contributed by atoms with Gasteiger partial charge in [-0.15, -0.1) is 0 Å². The molecule has 0 radical (unpaired) electrons. The molecule has 1 rings (SSSR count). The summed E-state index contributed by atoms with van der Waals surface area (Å²) in [5, 5.41) is 0. The maximum Gasteiger partial charge on any atom is 0.0532 e. The number of pyridine rings is 1. The summed E-state index contributed by atoms with van der Waals surface area (Å²) in [5.41, 5.74) is 8.36. The van der Waals surface area contributed by atoms with Gasteiger partial charge in [0.1, 0.15) is 0 Å². The highest BCUT2D eigenvalue weighted by atomic mass is 14.7. The van der Waals surface area contributed by atoms with Crippen molar-refractivity contribution in [2.24, 2.45) is 5.73 Å². The zero-order valence-corrected chi connectivity index (χ0v) is 8.09. The molecule has 0 aliphatic carbocycles. The Balaban J connectivity index is 2.85. The summed E-state index contributed by atoms with van der Waals surface area (Å²) in [5.74, 6) is 6.05. The summed E-state index contributed by atoms with van der Waals surface area (Å²) >= 11 is 0. The number of rotatable bonds is 1. The van der Waals surface area contributed by atoms with Crippen LogP contribution >= 0.6 is 0 Å². The van der Waals surface area contributed by atoms with Crippen molar-refractivity contribution in [1.82, 2.24) is 4.98 Å². The van der Waals surface area contributed by atoms with E-state index in [4.69, 9.17) is 5.73 Å². The van der Waals surface area contributed by atoms with E-state index < -0.39 is 0 Å². The molecule has 2 heteroatoms. The molecule has 0 aliphatic heterocycles. The molecule has 0 saturated heterocycles. The average Bonchev–Trinajstić information content (AvgIpc) is 2.09. The summed E-state index contributed by atoms with van der Waals surface area (Å²) in [6, 6.07) is 3.97. The standard InChI is InChI=1S/C11H14N2/c1-9-6-7-11(10(2)13-9)5-3-4-8-12/h6-7H,4,8,12H2,1-2H3. The van der Waals surface area contributed by atoms with Crippen molar-refractivity contribution in [2.45, 2.75) is 20.3 Å². The van der Waals surface area contributed by atoms with Gasteiger partial charge < -0.3 is 5.73 Å². The molecule has 0 saturated carbocycles. The van der Waals surface area contributed by atoms with Gasteiger partial charge in [0.05, 0.1) is 5.69 Å². The molecular formula is C11H14N2. The fraction of sp³-hybridized carbons (Fsp3) is 0.364. The van der Waals surface area contributed by atoms with E-state index in [1.807, 2.05) is 26.0 Å². The number of hydrogen-bond acceptors (Lipinski definition) is 2. The third-order valence-electron chi connectivity index (χ3n) is 1.72. The van der Waals surface area contributed by atoms with Crippen LogP contribution in [0.25, 0.3) is 0 Å². The summed E-state index contributed by atoms with van der Waals surface area (Å²) in [7, 11) is 0. The van der Waals surface area contributed by atoms with Crippen molar-refractivity contribution in [3.8, 4) is 11.8 Å². The second-order valence-electron chi connectivity index (χ2n) is 2.93. The molecule has 2 N–H and O–H groups in total. The Kier molecular flexibility index (Phi) is 3.48. The number of nitrogens with two attached hydrogens (primary N) is 1. The van der Waals surface area contributed by atoms with Crippen molar-refractivity contribution >= 4 is 0 Å². The number of aryl methyl sites for hydroxylation is 2. The van der Waals surface area contributed by atoms with Gasteiger partial charge in [0.2, 0.25) is 0 Å². The van der Waals surface area contributed by atoms with Gasteiger partial charge in [-0.25, -0.2) is 0 Å². The lowest BCUT2D eigenvalue weighted by Crippen LogP contribution is -1.96. The van der Waals surface area contributed by atoms with Crippen LogP contribution in [-0.2, 0) is 0 Å². The Hall–Kier alpha value is -1.33. The van der Waals surface area contributed by atoms with Gasteiger partial charge in [0.15, 0.2) is 0 Å². The van der Waals surface area contributed by atoms with Gasteiger partial charge in [-0.05, 0) is 26.0 Å². The van der Waals surface area contributed by atoms with Crippen molar-refractivity contribution in [3.05, 3.63) is 29.1 Å². The molecule has 13 heavy (non-hydrogen) atoms. The predicted octanol–water partition coefficient (Wildman–Crippen LogP) is 1.40.